The van der Waals surface area contributed by atoms with Crippen molar-refractivity contribution in [2.24, 2.45) is 0 Å². The molecule has 1 amide bonds. The zero-order valence-electron chi connectivity index (χ0n) is 28.5. The standard InChI is InChI=1S/C36H54N6O5/c1-3-5-8-16-30(43)18-12-19-32-38-35(37-23-22-31(44)17-9-6-4-2)40-36(39-32)42-26-24-41(25-27-42)33(45)20-13-21-34(46)47-28-29-14-10-7-11-15-29/h7,10-11,14-15H,3-6,8-9,12-13,16-28H2,1-2H3,(H,37,38,39,40). The SMILES string of the molecule is CCCCCC(=O)CCCc1nc(NCCC(=O)CCCCC)nc(N2CCN(C(=O)CCCC(=O)OCc3ccccc3)CC2)n1. The third-order valence-electron chi connectivity index (χ3n) is 8.26. The van der Waals surface area contributed by atoms with Crippen molar-refractivity contribution in [3.05, 3.63) is 41.7 Å². The number of hydrogen-bond donors (Lipinski definition) is 1. The van der Waals surface area contributed by atoms with Crippen molar-refractivity contribution in [1.29, 1.82) is 0 Å². The topological polar surface area (TPSA) is 135 Å². The van der Waals surface area contributed by atoms with Gasteiger partial charge in [-0.05, 0) is 31.2 Å². The summed E-state index contributed by atoms with van der Waals surface area (Å²) in [6, 6.07) is 9.53. The number of piperazine rings is 1. The number of aromatic nitrogens is 3. The van der Waals surface area contributed by atoms with Crippen LogP contribution in [0.4, 0.5) is 11.9 Å². The summed E-state index contributed by atoms with van der Waals surface area (Å²) in [6.45, 7) is 7.13. The van der Waals surface area contributed by atoms with Crippen molar-refractivity contribution in [2.45, 2.75) is 117 Å². The van der Waals surface area contributed by atoms with E-state index >= 15 is 0 Å². The fourth-order valence-electron chi connectivity index (χ4n) is 5.40. The minimum absolute atomic E-state index is 0.0198. The van der Waals surface area contributed by atoms with Crippen molar-refractivity contribution in [2.75, 3.05) is 42.9 Å². The zero-order valence-corrected chi connectivity index (χ0v) is 28.5. The van der Waals surface area contributed by atoms with Gasteiger partial charge < -0.3 is 19.9 Å². The van der Waals surface area contributed by atoms with Gasteiger partial charge in [0.1, 0.15) is 24.0 Å². The van der Waals surface area contributed by atoms with Gasteiger partial charge in [-0.3, -0.25) is 19.2 Å². The van der Waals surface area contributed by atoms with E-state index in [0.29, 0.717) is 102 Å². The number of aryl methyl sites for hydroxylation is 1. The van der Waals surface area contributed by atoms with Gasteiger partial charge in [-0.15, -0.1) is 0 Å². The first-order valence-electron chi connectivity index (χ1n) is 17.6. The molecule has 1 N–H and O–H groups in total. The Morgan fingerprint density at radius 2 is 1.38 bits per heavy atom. The molecule has 1 fully saturated rings. The fourth-order valence-corrected chi connectivity index (χ4v) is 5.40. The highest BCUT2D eigenvalue weighted by atomic mass is 16.5. The summed E-state index contributed by atoms with van der Waals surface area (Å²) >= 11 is 0. The molecular formula is C36H54N6O5. The van der Waals surface area contributed by atoms with E-state index in [-0.39, 0.29) is 36.5 Å². The number of anilines is 2. The Bertz CT molecular complexity index is 1200. The van der Waals surface area contributed by atoms with Crippen LogP contribution in [0, 0.1) is 0 Å². The highest BCUT2D eigenvalue weighted by Gasteiger charge is 2.24. The zero-order chi connectivity index (χ0) is 33.7. The first-order chi connectivity index (χ1) is 22.9. The molecule has 11 nitrogen and oxygen atoms in total. The van der Waals surface area contributed by atoms with Gasteiger partial charge in [0.05, 0.1) is 0 Å². The Morgan fingerprint density at radius 3 is 2.06 bits per heavy atom. The maximum atomic E-state index is 12.9. The van der Waals surface area contributed by atoms with E-state index in [1.165, 1.54) is 0 Å². The first kappa shape index (κ1) is 37.6. The van der Waals surface area contributed by atoms with E-state index in [2.05, 4.69) is 29.1 Å². The number of Topliss-reactive ketones (excluding diaryl/α,β-unsaturated/α-hetero) is 2. The van der Waals surface area contributed by atoms with Gasteiger partial charge in [0, 0.05) is 77.7 Å². The van der Waals surface area contributed by atoms with E-state index in [1.807, 2.05) is 40.1 Å². The number of benzene rings is 1. The molecule has 1 saturated heterocycles. The normalized spacial score (nSPS) is 13.0. The molecule has 0 bridgehead atoms. The Hall–Kier alpha value is -3.89. The maximum Gasteiger partial charge on any atom is 0.306 e. The van der Waals surface area contributed by atoms with Crippen molar-refractivity contribution < 1.29 is 23.9 Å². The molecule has 47 heavy (non-hydrogen) atoms. The van der Waals surface area contributed by atoms with Gasteiger partial charge in [-0.2, -0.15) is 15.0 Å². The molecule has 1 aromatic carbocycles. The Balaban J connectivity index is 1.49. The van der Waals surface area contributed by atoms with Gasteiger partial charge in [-0.1, -0.05) is 69.9 Å². The number of amides is 1. The second kappa shape index (κ2) is 21.8. The first-order valence-corrected chi connectivity index (χ1v) is 17.6. The molecule has 0 spiro atoms. The second-order valence-electron chi connectivity index (χ2n) is 12.3. The molecule has 3 rings (SSSR count). The molecule has 0 aliphatic carbocycles. The van der Waals surface area contributed by atoms with E-state index in [1.54, 1.807) is 0 Å². The number of carbonyl (C=O) groups excluding carboxylic acids is 4. The minimum atomic E-state index is -0.303. The number of hydrogen-bond acceptors (Lipinski definition) is 10. The van der Waals surface area contributed by atoms with Gasteiger partial charge >= 0.3 is 5.97 Å². The molecule has 1 aliphatic heterocycles. The number of ether oxygens (including phenoxy) is 1. The molecule has 1 aliphatic rings. The lowest BCUT2D eigenvalue weighted by atomic mass is 10.1. The molecule has 0 atom stereocenters. The Kier molecular flexibility index (Phi) is 17.4. The number of esters is 1. The van der Waals surface area contributed by atoms with Crippen molar-refractivity contribution in [1.82, 2.24) is 19.9 Å². The summed E-state index contributed by atoms with van der Waals surface area (Å²) in [5.74, 6) is 1.80. The predicted octanol–water partition coefficient (Wildman–Crippen LogP) is 5.86. The Labute approximate surface area is 280 Å². The lowest BCUT2D eigenvalue weighted by molar-refractivity contribution is -0.145. The van der Waals surface area contributed by atoms with Crippen LogP contribution in [0.2, 0.25) is 0 Å². The quantitative estimate of drug-likeness (QED) is 0.115. The monoisotopic (exact) mass is 650 g/mol. The van der Waals surface area contributed by atoms with E-state index in [0.717, 1.165) is 44.1 Å². The van der Waals surface area contributed by atoms with Crippen molar-refractivity contribution in [3.8, 4) is 0 Å². The van der Waals surface area contributed by atoms with Gasteiger partial charge in [0.15, 0.2) is 0 Å². The number of nitrogens with one attached hydrogen (secondary N) is 1. The third-order valence-corrected chi connectivity index (χ3v) is 8.26. The number of carbonyl (C=O) groups is 4. The van der Waals surface area contributed by atoms with Crippen molar-refractivity contribution >= 4 is 35.3 Å². The summed E-state index contributed by atoms with van der Waals surface area (Å²) < 4.78 is 5.32. The van der Waals surface area contributed by atoms with Crippen LogP contribution in [0.1, 0.15) is 115 Å². The minimum Gasteiger partial charge on any atom is -0.461 e. The summed E-state index contributed by atoms with van der Waals surface area (Å²) in [5.41, 5.74) is 0.934. The van der Waals surface area contributed by atoms with Crippen LogP contribution in [-0.2, 0) is 36.9 Å². The number of nitrogens with zero attached hydrogens (tertiary/aromatic N) is 5. The highest BCUT2D eigenvalue weighted by Crippen LogP contribution is 2.17. The molecule has 0 radical (unpaired) electrons. The van der Waals surface area contributed by atoms with E-state index in [4.69, 9.17) is 9.72 Å². The average molecular weight is 651 g/mol. The average Bonchev–Trinajstić information content (AvgIpc) is 3.08. The molecule has 1 aromatic heterocycles. The molecule has 0 saturated carbocycles. The molecule has 258 valence electrons. The molecule has 2 aromatic rings. The number of ketones is 2. The summed E-state index contributed by atoms with van der Waals surface area (Å²) in [4.78, 5) is 67.4. The van der Waals surface area contributed by atoms with Crippen molar-refractivity contribution in [3.63, 3.8) is 0 Å². The lowest BCUT2D eigenvalue weighted by Gasteiger charge is -2.35. The number of rotatable bonds is 23. The van der Waals surface area contributed by atoms with Gasteiger partial charge in [-0.25, -0.2) is 0 Å². The van der Waals surface area contributed by atoms with E-state index < -0.39 is 0 Å². The Morgan fingerprint density at radius 1 is 0.723 bits per heavy atom. The second-order valence-corrected chi connectivity index (χ2v) is 12.3. The van der Waals surface area contributed by atoms with Gasteiger partial charge in [0.25, 0.3) is 0 Å². The van der Waals surface area contributed by atoms with E-state index in [9.17, 15) is 19.2 Å². The number of unbranched alkanes of at least 4 members (excludes halogenated alkanes) is 4. The smallest absolute Gasteiger partial charge is 0.306 e. The van der Waals surface area contributed by atoms with Crippen LogP contribution in [0.25, 0.3) is 0 Å². The highest BCUT2D eigenvalue weighted by molar-refractivity contribution is 5.79. The third kappa shape index (κ3) is 15.0. The largest absolute Gasteiger partial charge is 0.461 e. The molecule has 0 unspecified atom stereocenters. The fraction of sp³-hybridized carbons (Fsp3) is 0.639. The van der Waals surface area contributed by atoms with Crippen LogP contribution >= 0.6 is 0 Å². The van der Waals surface area contributed by atoms with Crippen LogP contribution in [-0.4, -0.2) is 76.0 Å². The molecule has 11 heteroatoms. The van der Waals surface area contributed by atoms with Crippen LogP contribution in [0.15, 0.2) is 30.3 Å². The summed E-state index contributed by atoms with van der Waals surface area (Å²) in [7, 11) is 0. The maximum absolute atomic E-state index is 12.9. The summed E-state index contributed by atoms with van der Waals surface area (Å²) in [6.07, 6.45) is 10.5. The molecule has 2 heterocycles. The van der Waals surface area contributed by atoms with Crippen LogP contribution in [0.5, 0.6) is 0 Å². The molecular weight excluding hydrogens is 596 g/mol. The van der Waals surface area contributed by atoms with Crippen LogP contribution < -0.4 is 10.2 Å². The summed E-state index contributed by atoms with van der Waals surface area (Å²) in [5, 5.41) is 3.22. The predicted molar refractivity (Wildman–Crippen MR) is 183 cm³/mol. The van der Waals surface area contributed by atoms with Crippen LogP contribution in [0.3, 0.4) is 0 Å². The lowest BCUT2D eigenvalue weighted by Crippen LogP contribution is -2.49. The van der Waals surface area contributed by atoms with Gasteiger partial charge in [0.2, 0.25) is 17.8 Å².